The molecule has 0 spiro atoms. The summed E-state index contributed by atoms with van der Waals surface area (Å²) in [5, 5.41) is 41.7. The maximum absolute atomic E-state index is 10.4. The van der Waals surface area contributed by atoms with Crippen LogP contribution < -0.4 is 50.0 Å². The van der Waals surface area contributed by atoms with Crippen molar-refractivity contribution in [3.8, 4) is 0 Å². The van der Waals surface area contributed by atoms with Gasteiger partial charge in [0.15, 0.2) is 0 Å². The molecule has 0 rings (SSSR count). The molecule has 0 aromatic heterocycles. The van der Waals surface area contributed by atoms with Gasteiger partial charge in [-0.05, 0) is 6.42 Å². The van der Waals surface area contributed by atoms with E-state index in [0.717, 1.165) is 9.80 Å². The molecular formula is C11H14FeN2NaO8. The normalized spacial score (nSPS) is 9.83. The number of hydrogen-bond acceptors (Lipinski definition) is 10. The fourth-order valence-corrected chi connectivity index (χ4v) is 1.68. The molecule has 23 heavy (non-hydrogen) atoms. The molecule has 1 radical (unpaired) electrons. The molecule has 0 bridgehead atoms. The Kier molecular flexibility index (Phi) is 17.6. The molecule has 0 aliphatic carbocycles. The summed E-state index contributed by atoms with van der Waals surface area (Å²) >= 11 is 0. The number of hydrogen-bond donors (Lipinski definition) is 0. The Labute approximate surface area is 165 Å². The number of carbonyl (C=O) groups is 4. The zero-order chi connectivity index (χ0) is 16.4. The molecule has 12 heteroatoms. The first-order valence-electron chi connectivity index (χ1n) is 5.94. The first kappa shape index (κ1) is 27.2. The number of nitrogens with zero attached hydrogens (tertiary/aromatic N) is 2. The third-order valence-corrected chi connectivity index (χ3v) is 2.36. The average Bonchev–Trinajstić information content (AvgIpc) is 2.24. The summed E-state index contributed by atoms with van der Waals surface area (Å²) in [6.07, 6.45) is 0.140. The number of rotatable bonds is 12. The molecule has 0 amide bonds. The van der Waals surface area contributed by atoms with Crippen molar-refractivity contribution in [2.45, 2.75) is 6.42 Å². The summed E-state index contributed by atoms with van der Waals surface area (Å²) in [5.41, 5.74) is 0. The predicted molar refractivity (Wildman–Crippen MR) is 57.5 cm³/mol. The van der Waals surface area contributed by atoms with Gasteiger partial charge in [-0.2, -0.15) is 0 Å². The molecule has 10 nitrogen and oxygen atoms in total. The Morgan fingerprint density at radius 3 is 1.00 bits per heavy atom. The Balaban J connectivity index is -0.00000200. The van der Waals surface area contributed by atoms with Crippen molar-refractivity contribution in [3.63, 3.8) is 0 Å². The maximum atomic E-state index is 10.4. The monoisotopic (exact) mass is 381 g/mol. The van der Waals surface area contributed by atoms with E-state index in [1.165, 1.54) is 0 Å². The van der Waals surface area contributed by atoms with Crippen LogP contribution in [0.5, 0.6) is 0 Å². The standard InChI is InChI=1S/C11H18N2O8.Fe.Na/c14-8(15)4-12(5-9(16)17)2-1-3-13(6-10(18)19)7-11(20)21;;/h1-7H2,(H,14,15)(H,16,17)(H,18,19)(H,20,21);;/q;+3;+1/p-4. The van der Waals surface area contributed by atoms with E-state index in [9.17, 15) is 39.6 Å². The molecule has 0 fully saturated rings. The molecule has 0 aromatic rings. The van der Waals surface area contributed by atoms with Gasteiger partial charge in [0.25, 0.3) is 0 Å². The van der Waals surface area contributed by atoms with Crippen molar-refractivity contribution in [2.75, 3.05) is 39.3 Å². The Hall–Kier alpha value is -0.681. The SMILES string of the molecule is O=C([O-])CN(CCCN(CC(=O)[O-])CC(=O)[O-])CC(=O)[O-].[Fe+3].[Na+]. The summed E-state index contributed by atoms with van der Waals surface area (Å²) < 4.78 is 0. The molecule has 0 atom stereocenters. The van der Waals surface area contributed by atoms with Gasteiger partial charge in [-0.1, -0.05) is 0 Å². The molecule has 0 aliphatic heterocycles. The van der Waals surface area contributed by atoms with E-state index < -0.39 is 50.1 Å². The van der Waals surface area contributed by atoms with Crippen LogP contribution in [0.3, 0.4) is 0 Å². The number of aliphatic carboxylic acids is 4. The second-order valence-corrected chi connectivity index (χ2v) is 4.26. The summed E-state index contributed by atoms with van der Waals surface area (Å²) in [7, 11) is 0. The van der Waals surface area contributed by atoms with Crippen LogP contribution in [0.25, 0.3) is 0 Å². The van der Waals surface area contributed by atoms with Crippen LogP contribution in [0.4, 0.5) is 0 Å². The quantitative estimate of drug-likeness (QED) is 0.296. The third kappa shape index (κ3) is 17.5. The van der Waals surface area contributed by atoms with Crippen LogP contribution in [0.15, 0.2) is 0 Å². The van der Waals surface area contributed by atoms with Gasteiger partial charge in [-0.25, -0.2) is 0 Å². The van der Waals surface area contributed by atoms with Gasteiger partial charge in [-0.3, -0.25) is 9.80 Å². The fraction of sp³-hybridized carbons (Fsp3) is 0.636. The van der Waals surface area contributed by atoms with E-state index in [-0.39, 0.29) is 66.1 Å². The molecular weight excluding hydrogens is 367 g/mol. The van der Waals surface area contributed by atoms with Crippen LogP contribution in [0, 0.1) is 0 Å². The zero-order valence-corrected chi connectivity index (χ0v) is 15.6. The van der Waals surface area contributed by atoms with E-state index in [0.29, 0.717) is 0 Å². The smallest absolute Gasteiger partial charge is 0.549 e. The third-order valence-electron chi connectivity index (χ3n) is 2.36. The van der Waals surface area contributed by atoms with Crippen molar-refractivity contribution < 1.29 is 86.2 Å². The molecule has 0 saturated carbocycles. The first-order chi connectivity index (χ1) is 9.70. The second kappa shape index (κ2) is 14.9. The molecule has 0 saturated heterocycles. The number of carboxylic acid groups (broad SMARTS) is 4. The topological polar surface area (TPSA) is 167 Å². The Morgan fingerprint density at radius 1 is 0.609 bits per heavy atom. The summed E-state index contributed by atoms with van der Waals surface area (Å²) in [6.45, 7) is -2.55. The first-order valence-corrected chi connectivity index (χ1v) is 5.94. The van der Waals surface area contributed by atoms with E-state index in [1.54, 1.807) is 0 Å². The van der Waals surface area contributed by atoms with Crippen LogP contribution >= 0.6 is 0 Å². The van der Waals surface area contributed by atoms with E-state index in [4.69, 9.17) is 0 Å². The van der Waals surface area contributed by atoms with Crippen molar-refractivity contribution in [3.05, 3.63) is 0 Å². The second-order valence-electron chi connectivity index (χ2n) is 4.26. The van der Waals surface area contributed by atoms with Gasteiger partial charge in [0, 0.05) is 39.3 Å². The average molecular weight is 381 g/mol. The van der Waals surface area contributed by atoms with Crippen LogP contribution in [-0.2, 0) is 36.2 Å². The van der Waals surface area contributed by atoms with Crippen molar-refractivity contribution in [1.29, 1.82) is 0 Å². The number of carbonyl (C=O) groups excluding carboxylic acids is 4. The van der Waals surface area contributed by atoms with Crippen molar-refractivity contribution in [2.24, 2.45) is 0 Å². The minimum absolute atomic E-state index is 0. The van der Waals surface area contributed by atoms with E-state index in [1.807, 2.05) is 0 Å². The van der Waals surface area contributed by atoms with Crippen LogP contribution in [0.2, 0.25) is 0 Å². The largest absolute Gasteiger partial charge is 3.00 e. The fourth-order valence-electron chi connectivity index (χ4n) is 1.68. The van der Waals surface area contributed by atoms with Crippen LogP contribution in [-0.4, -0.2) is 72.9 Å². The molecule has 125 valence electrons. The molecule has 0 unspecified atom stereocenters. The van der Waals surface area contributed by atoms with Crippen molar-refractivity contribution in [1.82, 2.24) is 9.80 Å². The van der Waals surface area contributed by atoms with Crippen molar-refractivity contribution >= 4 is 23.9 Å². The summed E-state index contributed by atoms with van der Waals surface area (Å²) in [4.78, 5) is 43.8. The minimum Gasteiger partial charge on any atom is -0.549 e. The van der Waals surface area contributed by atoms with Gasteiger partial charge in [-0.15, -0.1) is 0 Å². The Bertz CT molecular complexity index is 341. The Morgan fingerprint density at radius 2 is 0.826 bits per heavy atom. The minimum atomic E-state index is -1.47. The molecule has 0 aliphatic rings. The molecule has 0 N–H and O–H groups in total. The molecule has 0 heterocycles. The van der Waals surface area contributed by atoms with E-state index >= 15 is 0 Å². The van der Waals surface area contributed by atoms with Gasteiger partial charge in [0.2, 0.25) is 0 Å². The van der Waals surface area contributed by atoms with Gasteiger partial charge in [0.1, 0.15) is 0 Å². The molecule has 0 aromatic carbocycles. The predicted octanol–water partition coefficient (Wildman–Crippen LogP) is -10.0. The maximum Gasteiger partial charge on any atom is 3.00 e. The zero-order valence-electron chi connectivity index (χ0n) is 12.5. The van der Waals surface area contributed by atoms with E-state index in [2.05, 4.69) is 0 Å². The van der Waals surface area contributed by atoms with Gasteiger partial charge >= 0.3 is 46.6 Å². The van der Waals surface area contributed by atoms with Gasteiger partial charge < -0.3 is 39.6 Å². The summed E-state index contributed by atoms with van der Waals surface area (Å²) in [6, 6.07) is 0. The van der Waals surface area contributed by atoms with Crippen LogP contribution in [0.1, 0.15) is 6.42 Å². The number of carboxylic acids is 4. The summed E-state index contributed by atoms with van der Waals surface area (Å²) in [5.74, 6) is -5.90. The van der Waals surface area contributed by atoms with Gasteiger partial charge in [0.05, 0.1) is 23.9 Å².